The molecule has 0 bridgehead atoms. The van der Waals surface area contributed by atoms with E-state index in [-0.39, 0.29) is 18.0 Å². The monoisotopic (exact) mass is 219 g/mol. The predicted molar refractivity (Wildman–Crippen MR) is 61.8 cm³/mol. The zero-order valence-electron chi connectivity index (χ0n) is 9.44. The molecule has 1 aliphatic rings. The van der Waals surface area contributed by atoms with Crippen LogP contribution in [0.25, 0.3) is 0 Å². The van der Waals surface area contributed by atoms with Crippen LogP contribution in [0, 0.1) is 0 Å². The van der Waals surface area contributed by atoms with Crippen molar-refractivity contribution < 1.29 is 4.79 Å². The minimum Gasteiger partial charge on any atom is -0.348 e. The number of nitrogens with zero attached hydrogens (tertiary/aromatic N) is 1. The van der Waals surface area contributed by atoms with Gasteiger partial charge in [-0.3, -0.25) is 9.78 Å². The third-order valence-corrected chi connectivity index (χ3v) is 2.94. The molecule has 2 heterocycles. The lowest BCUT2D eigenvalue weighted by Crippen LogP contribution is -2.41. The van der Waals surface area contributed by atoms with Crippen molar-refractivity contribution in [2.24, 2.45) is 0 Å². The van der Waals surface area contributed by atoms with E-state index in [1.165, 1.54) is 0 Å². The van der Waals surface area contributed by atoms with Crippen LogP contribution in [-0.4, -0.2) is 23.5 Å². The van der Waals surface area contributed by atoms with Gasteiger partial charge in [0, 0.05) is 12.4 Å². The van der Waals surface area contributed by atoms with Gasteiger partial charge in [-0.1, -0.05) is 0 Å². The van der Waals surface area contributed by atoms with Crippen LogP contribution in [-0.2, 0) is 4.79 Å². The molecule has 1 aromatic heterocycles. The molecule has 1 fully saturated rings. The summed E-state index contributed by atoms with van der Waals surface area (Å²) in [7, 11) is 0. The van der Waals surface area contributed by atoms with Crippen molar-refractivity contribution in [2.45, 2.75) is 31.8 Å². The van der Waals surface area contributed by atoms with E-state index in [9.17, 15) is 4.79 Å². The zero-order chi connectivity index (χ0) is 11.4. The van der Waals surface area contributed by atoms with Crippen molar-refractivity contribution in [3.05, 3.63) is 30.1 Å². The van der Waals surface area contributed by atoms with E-state index in [1.807, 2.05) is 19.1 Å². The molecule has 0 spiro atoms. The summed E-state index contributed by atoms with van der Waals surface area (Å²) in [5, 5.41) is 6.20. The second-order valence-electron chi connectivity index (χ2n) is 4.16. The standard InChI is InChI=1S/C12H17N3O/c1-9(10-4-7-13-8-5-10)15-12(16)11-3-2-6-14-11/h4-5,7-9,11,14H,2-3,6H2,1H3,(H,15,16)/t9?,11-/m1/s1. The average Bonchev–Trinajstić information content (AvgIpc) is 2.83. The van der Waals surface area contributed by atoms with Gasteiger partial charge in [-0.25, -0.2) is 0 Å². The molecule has 2 N–H and O–H groups in total. The largest absolute Gasteiger partial charge is 0.348 e. The Morgan fingerprint density at radius 2 is 2.31 bits per heavy atom. The summed E-state index contributed by atoms with van der Waals surface area (Å²) in [4.78, 5) is 15.8. The fourth-order valence-corrected chi connectivity index (χ4v) is 1.96. The van der Waals surface area contributed by atoms with Crippen LogP contribution < -0.4 is 10.6 Å². The van der Waals surface area contributed by atoms with E-state index in [2.05, 4.69) is 15.6 Å². The van der Waals surface area contributed by atoms with E-state index in [0.717, 1.165) is 24.9 Å². The minimum atomic E-state index is -0.00992. The maximum Gasteiger partial charge on any atom is 0.237 e. The number of pyridine rings is 1. The Morgan fingerprint density at radius 3 is 2.94 bits per heavy atom. The molecular weight excluding hydrogens is 202 g/mol. The summed E-state index contributed by atoms with van der Waals surface area (Å²) in [6, 6.07) is 3.88. The molecule has 16 heavy (non-hydrogen) atoms. The molecule has 0 radical (unpaired) electrons. The van der Waals surface area contributed by atoms with Gasteiger partial charge in [0.2, 0.25) is 5.91 Å². The lowest BCUT2D eigenvalue weighted by molar-refractivity contribution is -0.123. The van der Waals surface area contributed by atoms with Crippen LogP contribution in [0.2, 0.25) is 0 Å². The fourth-order valence-electron chi connectivity index (χ4n) is 1.96. The van der Waals surface area contributed by atoms with Crippen molar-refractivity contribution in [3.8, 4) is 0 Å². The number of nitrogens with one attached hydrogen (secondary N) is 2. The molecule has 0 aromatic carbocycles. The quantitative estimate of drug-likeness (QED) is 0.797. The van der Waals surface area contributed by atoms with E-state index < -0.39 is 0 Å². The van der Waals surface area contributed by atoms with Gasteiger partial charge in [0.15, 0.2) is 0 Å². The molecule has 1 aliphatic heterocycles. The van der Waals surface area contributed by atoms with Crippen molar-refractivity contribution in [1.29, 1.82) is 0 Å². The zero-order valence-corrected chi connectivity index (χ0v) is 9.44. The number of carbonyl (C=O) groups is 1. The third-order valence-electron chi connectivity index (χ3n) is 2.94. The van der Waals surface area contributed by atoms with Gasteiger partial charge in [-0.15, -0.1) is 0 Å². The molecule has 1 aromatic rings. The summed E-state index contributed by atoms with van der Waals surface area (Å²) in [6.45, 7) is 2.93. The smallest absolute Gasteiger partial charge is 0.237 e. The molecule has 1 amide bonds. The van der Waals surface area contributed by atoms with Crippen LogP contribution in [0.15, 0.2) is 24.5 Å². The van der Waals surface area contributed by atoms with Crippen molar-refractivity contribution in [1.82, 2.24) is 15.6 Å². The minimum absolute atomic E-state index is 0.00992. The van der Waals surface area contributed by atoms with Crippen LogP contribution in [0.3, 0.4) is 0 Å². The first-order valence-electron chi connectivity index (χ1n) is 5.71. The second kappa shape index (κ2) is 5.07. The first-order chi connectivity index (χ1) is 7.77. The number of hydrogen-bond donors (Lipinski definition) is 2. The number of carbonyl (C=O) groups excluding carboxylic acids is 1. The summed E-state index contributed by atoms with van der Waals surface area (Å²) >= 11 is 0. The second-order valence-corrected chi connectivity index (χ2v) is 4.16. The van der Waals surface area contributed by atoms with Crippen LogP contribution in [0.5, 0.6) is 0 Å². The molecular formula is C12H17N3O. The summed E-state index contributed by atoms with van der Waals surface area (Å²) in [5.74, 6) is 0.0989. The average molecular weight is 219 g/mol. The van der Waals surface area contributed by atoms with E-state index >= 15 is 0 Å². The van der Waals surface area contributed by atoms with E-state index in [4.69, 9.17) is 0 Å². The normalized spacial score (nSPS) is 21.7. The van der Waals surface area contributed by atoms with Crippen LogP contribution in [0.1, 0.15) is 31.4 Å². The Morgan fingerprint density at radius 1 is 1.56 bits per heavy atom. The van der Waals surface area contributed by atoms with Gasteiger partial charge < -0.3 is 10.6 Å². The summed E-state index contributed by atoms with van der Waals surface area (Å²) < 4.78 is 0. The van der Waals surface area contributed by atoms with Crippen molar-refractivity contribution in [2.75, 3.05) is 6.54 Å². The highest BCUT2D eigenvalue weighted by atomic mass is 16.2. The highest BCUT2D eigenvalue weighted by Gasteiger charge is 2.23. The molecule has 4 nitrogen and oxygen atoms in total. The number of amides is 1. The number of hydrogen-bond acceptors (Lipinski definition) is 3. The van der Waals surface area contributed by atoms with Crippen molar-refractivity contribution >= 4 is 5.91 Å². The Kier molecular flexibility index (Phi) is 3.51. The maximum atomic E-state index is 11.8. The number of aromatic nitrogens is 1. The van der Waals surface area contributed by atoms with Gasteiger partial charge >= 0.3 is 0 Å². The van der Waals surface area contributed by atoms with Crippen molar-refractivity contribution in [3.63, 3.8) is 0 Å². The van der Waals surface area contributed by atoms with Gasteiger partial charge in [0.25, 0.3) is 0 Å². The molecule has 2 atom stereocenters. The first-order valence-corrected chi connectivity index (χ1v) is 5.71. The summed E-state index contributed by atoms with van der Waals surface area (Å²) in [5.41, 5.74) is 1.08. The Labute approximate surface area is 95.5 Å². The van der Waals surface area contributed by atoms with Gasteiger partial charge in [0.1, 0.15) is 0 Å². The topological polar surface area (TPSA) is 54.0 Å². The predicted octanol–water partition coefficient (Wildman–Crippen LogP) is 1.01. The van der Waals surface area contributed by atoms with Crippen LogP contribution in [0.4, 0.5) is 0 Å². The molecule has 4 heteroatoms. The first kappa shape index (κ1) is 11.1. The molecule has 1 saturated heterocycles. The van der Waals surface area contributed by atoms with Crippen LogP contribution >= 0.6 is 0 Å². The Hall–Kier alpha value is -1.42. The van der Waals surface area contributed by atoms with Gasteiger partial charge in [-0.2, -0.15) is 0 Å². The summed E-state index contributed by atoms with van der Waals surface area (Å²) in [6.07, 6.45) is 5.51. The Balaban J connectivity index is 1.92. The molecule has 0 aliphatic carbocycles. The fraction of sp³-hybridized carbons (Fsp3) is 0.500. The molecule has 2 rings (SSSR count). The van der Waals surface area contributed by atoms with Gasteiger partial charge in [0.05, 0.1) is 12.1 Å². The highest BCUT2D eigenvalue weighted by molar-refractivity contribution is 5.82. The Bertz CT molecular complexity index is 347. The molecule has 86 valence electrons. The van der Waals surface area contributed by atoms with E-state index in [1.54, 1.807) is 12.4 Å². The molecule has 1 unspecified atom stereocenters. The lowest BCUT2D eigenvalue weighted by Gasteiger charge is -2.17. The maximum absolute atomic E-state index is 11.8. The molecule has 0 saturated carbocycles. The lowest BCUT2D eigenvalue weighted by atomic mass is 10.1. The third kappa shape index (κ3) is 2.58. The SMILES string of the molecule is CC(NC(=O)[C@H]1CCCN1)c1ccncc1. The van der Waals surface area contributed by atoms with E-state index in [0.29, 0.717) is 0 Å². The highest BCUT2D eigenvalue weighted by Crippen LogP contribution is 2.12. The van der Waals surface area contributed by atoms with Gasteiger partial charge in [-0.05, 0) is 44.0 Å². The number of rotatable bonds is 3.